The van der Waals surface area contributed by atoms with Crippen LogP contribution in [0, 0.1) is 5.41 Å². The lowest BCUT2D eigenvalue weighted by Gasteiger charge is -2.72. The zero-order chi connectivity index (χ0) is 16.6. The maximum Gasteiger partial charge on any atom is 0.323 e. The van der Waals surface area contributed by atoms with Gasteiger partial charge >= 0.3 is 5.97 Å². The third kappa shape index (κ3) is 2.63. The lowest BCUT2D eigenvalue weighted by atomic mass is 9.32. The number of benzene rings is 2. The molecule has 3 saturated carbocycles. The van der Waals surface area contributed by atoms with Crippen LogP contribution in [0.5, 0.6) is 0 Å². The number of hydrogen-bond acceptors (Lipinski definition) is 3. The zero-order valence-electron chi connectivity index (χ0n) is 13.8. The van der Waals surface area contributed by atoms with Gasteiger partial charge in [0, 0.05) is 0 Å². The smallest absolute Gasteiger partial charge is 0.323 e. The quantitative estimate of drug-likeness (QED) is 0.828. The summed E-state index contributed by atoms with van der Waals surface area (Å²) >= 11 is 0. The van der Waals surface area contributed by atoms with E-state index in [1.165, 1.54) is 5.56 Å². The van der Waals surface area contributed by atoms with Gasteiger partial charge in [0.05, 0.1) is 0 Å². The number of rotatable bonds is 6. The van der Waals surface area contributed by atoms with Gasteiger partial charge in [-0.2, -0.15) is 0 Å². The fraction of sp³-hybridized carbons (Fsp3) is 0.381. The monoisotopic (exact) mass is 321 g/mol. The number of hydrogen-bond donors (Lipinski definition) is 1. The molecule has 1 atom stereocenters. The van der Waals surface area contributed by atoms with Crippen molar-refractivity contribution in [1.82, 2.24) is 0 Å². The minimum atomic E-state index is -0.511. The highest BCUT2D eigenvalue weighted by molar-refractivity contribution is 5.75. The molecule has 3 fully saturated rings. The van der Waals surface area contributed by atoms with E-state index < -0.39 is 6.04 Å². The predicted octanol–water partition coefficient (Wildman–Crippen LogP) is 3.57. The summed E-state index contributed by atoms with van der Waals surface area (Å²) in [6.07, 6.45) is 4.21. The zero-order valence-corrected chi connectivity index (χ0v) is 13.8. The van der Waals surface area contributed by atoms with Crippen LogP contribution >= 0.6 is 0 Å². The van der Waals surface area contributed by atoms with Crippen molar-refractivity contribution < 1.29 is 9.53 Å². The molecule has 1 unspecified atom stereocenters. The summed E-state index contributed by atoms with van der Waals surface area (Å²) in [5, 5.41) is 0. The number of carbonyl (C=O) groups excluding carboxylic acids is 1. The molecule has 24 heavy (non-hydrogen) atoms. The molecule has 5 rings (SSSR count). The van der Waals surface area contributed by atoms with Gasteiger partial charge in [0.15, 0.2) is 0 Å². The molecule has 3 aliphatic rings. The van der Waals surface area contributed by atoms with Crippen LogP contribution in [0.15, 0.2) is 60.7 Å². The molecule has 3 nitrogen and oxygen atoms in total. The van der Waals surface area contributed by atoms with Crippen LogP contribution in [0.2, 0.25) is 0 Å². The molecule has 3 aliphatic carbocycles. The molecule has 0 heterocycles. The Balaban J connectivity index is 1.28. The van der Waals surface area contributed by atoms with Crippen LogP contribution in [0.4, 0.5) is 0 Å². The number of ether oxygens (including phenoxy) is 1. The van der Waals surface area contributed by atoms with Crippen LogP contribution in [-0.4, -0.2) is 12.0 Å². The van der Waals surface area contributed by atoms with Gasteiger partial charge in [0.1, 0.15) is 12.6 Å². The SMILES string of the molecule is NC(CC12CC(c3ccccc3)(C1)C2)C(=O)OCc1ccccc1. The average Bonchev–Trinajstić information content (AvgIpc) is 2.56. The van der Waals surface area contributed by atoms with E-state index in [1.54, 1.807) is 0 Å². The first-order valence-corrected chi connectivity index (χ1v) is 8.63. The van der Waals surface area contributed by atoms with Crippen molar-refractivity contribution in [2.45, 2.75) is 43.7 Å². The summed E-state index contributed by atoms with van der Waals surface area (Å²) in [6.45, 7) is 0.300. The summed E-state index contributed by atoms with van der Waals surface area (Å²) in [7, 11) is 0. The van der Waals surface area contributed by atoms with E-state index in [1.807, 2.05) is 30.3 Å². The fourth-order valence-electron chi connectivity index (χ4n) is 4.70. The molecule has 2 aromatic carbocycles. The van der Waals surface area contributed by atoms with Gasteiger partial charge in [-0.05, 0) is 47.6 Å². The van der Waals surface area contributed by atoms with Crippen molar-refractivity contribution in [2.24, 2.45) is 11.1 Å². The van der Waals surface area contributed by atoms with Gasteiger partial charge < -0.3 is 10.5 Å². The Morgan fingerprint density at radius 2 is 1.58 bits per heavy atom. The molecular weight excluding hydrogens is 298 g/mol. The third-order valence-corrected chi connectivity index (χ3v) is 5.71. The average molecular weight is 321 g/mol. The molecule has 0 amide bonds. The second-order valence-corrected chi connectivity index (χ2v) is 7.58. The standard InChI is InChI=1S/C21H23NO2/c22-18(19(23)24-12-16-7-3-1-4-8-16)11-20-13-21(14-20,15-20)17-9-5-2-6-10-17/h1-10,18H,11-15,22H2. The molecule has 2 bridgehead atoms. The maximum absolute atomic E-state index is 12.2. The second-order valence-electron chi connectivity index (χ2n) is 7.58. The highest BCUT2D eigenvalue weighted by atomic mass is 16.5. The Hall–Kier alpha value is -2.13. The number of carbonyl (C=O) groups is 1. The first kappa shape index (κ1) is 15.4. The van der Waals surface area contributed by atoms with Gasteiger partial charge in [-0.15, -0.1) is 0 Å². The van der Waals surface area contributed by atoms with E-state index in [0.717, 1.165) is 31.2 Å². The Morgan fingerprint density at radius 3 is 2.21 bits per heavy atom. The lowest BCUT2D eigenvalue weighted by molar-refractivity contribution is -0.164. The van der Waals surface area contributed by atoms with Crippen LogP contribution in [-0.2, 0) is 21.6 Å². The summed E-state index contributed by atoms with van der Waals surface area (Å²) in [5.74, 6) is -0.280. The normalized spacial score (nSPS) is 28.4. The van der Waals surface area contributed by atoms with Crippen molar-refractivity contribution in [1.29, 1.82) is 0 Å². The van der Waals surface area contributed by atoms with E-state index >= 15 is 0 Å². The summed E-state index contributed by atoms with van der Waals surface area (Å²) < 4.78 is 5.37. The van der Waals surface area contributed by atoms with Crippen LogP contribution in [0.1, 0.15) is 36.8 Å². The van der Waals surface area contributed by atoms with Crippen molar-refractivity contribution >= 4 is 5.97 Å². The molecular formula is C21H23NO2. The molecule has 0 aliphatic heterocycles. The van der Waals surface area contributed by atoms with E-state index in [0.29, 0.717) is 12.0 Å². The topological polar surface area (TPSA) is 52.3 Å². The molecule has 2 aromatic rings. The van der Waals surface area contributed by atoms with Gasteiger partial charge in [-0.3, -0.25) is 4.79 Å². The first-order valence-electron chi connectivity index (χ1n) is 8.63. The fourth-order valence-corrected chi connectivity index (χ4v) is 4.70. The second kappa shape index (κ2) is 5.75. The Kier molecular flexibility index (Phi) is 3.69. The minimum absolute atomic E-state index is 0.265. The van der Waals surface area contributed by atoms with E-state index in [2.05, 4.69) is 30.3 Å². The van der Waals surface area contributed by atoms with Crippen LogP contribution in [0.3, 0.4) is 0 Å². The predicted molar refractivity (Wildman–Crippen MR) is 93.2 cm³/mol. The first-order chi connectivity index (χ1) is 11.6. The van der Waals surface area contributed by atoms with Gasteiger partial charge in [0.2, 0.25) is 0 Å². The van der Waals surface area contributed by atoms with Crippen LogP contribution in [0.25, 0.3) is 0 Å². The van der Waals surface area contributed by atoms with Crippen molar-refractivity contribution in [2.75, 3.05) is 0 Å². The van der Waals surface area contributed by atoms with Crippen molar-refractivity contribution in [3.8, 4) is 0 Å². The Morgan fingerprint density at radius 1 is 1.00 bits per heavy atom. The lowest BCUT2D eigenvalue weighted by Crippen LogP contribution is -2.66. The summed E-state index contributed by atoms with van der Waals surface area (Å²) in [4.78, 5) is 12.2. The highest BCUT2D eigenvalue weighted by Gasteiger charge is 2.68. The molecule has 2 N–H and O–H groups in total. The molecule has 3 heteroatoms. The molecule has 0 aromatic heterocycles. The maximum atomic E-state index is 12.2. The molecule has 0 saturated heterocycles. The largest absolute Gasteiger partial charge is 0.460 e. The highest BCUT2D eigenvalue weighted by Crippen LogP contribution is 2.75. The molecule has 0 spiro atoms. The van der Waals surface area contributed by atoms with Gasteiger partial charge in [0.25, 0.3) is 0 Å². The van der Waals surface area contributed by atoms with Gasteiger partial charge in [-0.1, -0.05) is 60.7 Å². The summed E-state index contributed by atoms with van der Waals surface area (Å²) in [6, 6.07) is 19.9. The van der Waals surface area contributed by atoms with E-state index in [9.17, 15) is 4.79 Å². The Labute approximate surface area is 142 Å². The van der Waals surface area contributed by atoms with E-state index in [-0.39, 0.29) is 11.4 Å². The third-order valence-electron chi connectivity index (χ3n) is 5.71. The number of esters is 1. The van der Waals surface area contributed by atoms with Crippen molar-refractivity contribution in [3.05, 3.63) is 71.8 Å². The molecule has 0 radical (unpaired) electrons. The van der Waals surface area contributed by atoms with Crippen LogP contribution < -0.4 is 5.73 Å². The Bertz CT molecular complexity index is 706. The van der Waals surface area contributed by atoms with Crippen molar-refractivity contribution in [3.63, 3.8) is 0 Å². The van der Waals surface area contributed by atoms with Gasteiger partial charge in [-0.25, -0.2) is 0 Å². The molecule has 124 valence electrons. The minimum Gasteiger partial charge on any atom is -0.460 e. The number of nitrogens with two attached hydrogens (primary N) is 1. The summed E-state index contributed by atoms with van der Waals surface area (Å²) in [5.41, 5.74) is 9.16. The van der Waals surface area contributed by atoms with E-state index in [4.69, 9.17) is 10.5 Å².